The molecule has 0 aromatic heterocycles. The highest BCUT2D eigenvalue weighted by Crippen LogP contribution is 2.39. The highest BCUT2D eigenvalue weighted by atomic mass is 32.2. The van der Waals surface area contributed by atoms with Gasteiger partial charge in [-0.15, -0.1) is 0 Å². The van der Waals surface area contributed by atoms with Gasteiger partial charge >= 0.3 is 12.0 Å². The van der Waals surface area contributed by atoms with Crippen molar-refractivity contribution in [1.82, 2.24) is 0 Å². The van der Waals surface area contributed by atoms with Crippen molar-refractivity contribution >= 4 is 33.4 Å². The topological polar surface area (TPSA) is 113 Å². The first-order valence-electron chi connectivity index (χ1n) is 9.88. The molecule has 0 spiro atoms. The number of nitrogens with zero attached hydrogens (tertiary/aromatic N) is 2. The molecule has 1 unspecified atom stereocenters. The summed E-state index contributed by atoms with van der Waals surface area (Å²) >= 11 is 0. The molecule has 33 heavy (non-hydrogen) atoms. The lowest BCUT2D eigenvalue weighted by molar-refractivity contribution is -0.144. The Morgan fingerprint density at radius 1 is 0.939 bits per heavy atom. The highest BCUT2D eigenvalue weighted by Gasteiger charge is 2.41. The second-order valence-electron chi connectivity index (χ2n) is 7.25. The molecule has 1 heterocycles. The third kappa shape index (κ3) is 4.20. The van der Waals surface area contributed by atoms with Gasteiger partial charge in [-0.3, -0.25) is 4.90 Å². The van der Waals surface area contributed by atoms with Crippen molar-refractivity contribution in [2.45, 2.75) is 17.9 Å². The third-order valence-electron chi connectivity index (χ3n) is 4.98. The number of carboxylic acid groups (broad SMARTS) is 1. The van der Waals surface area contributed by atoms with Gasteiger partial charge in [0.05, 0.1) is 11.4 Å². The average Bonchev–Trinajstić information content (AvgIpc) is 2.79. The van der Waals surface area contributed by atoms with Crippen LogP contribution >= 0.6 is 0 Å². The zero-order valence-corrected chi connectivity index (χ0v) is 18.5. The molecule has 4 rings (SSSR count). The van der Waals surface area contributed by atoms with Crippen LogP contribution in [0.15, 0.2) is 77.7 Å². The summed E-state index contributed by atoms with van der Waals surface area (Å²) in [7, 11) is -2.79. The van der Waals surface area contributed by atoms with Crippen molar-refractivity contribution in [2.24, 2.45) is 0 Å². The number of rotatable bonds is 6. The lowest BCUT2D eigenvalue weighted by Gasteiger charge is -2.34. The number of carbonyl (C=O) groups is 2. The van der Waals surface area contributed by atoms with E-state index in [1.165, 1.54) is 49.2 Å². The normalized spacial score (nSPS) is 15.5. The number of fused-ring (bicyclic) bond motifs is 1. The van der Waals surface area contributed by atoms with Gasteiger partial charge in [0.25, 0.3) is 10.0 Å². The summed E-state index contributed by atoms with van der Waals surface area (Å²) in [5.74, 6) is 0.0655. The summed E-state index contributed by atoms with van der Waals surface area (Å²) in [6.07, 6.45) is -1.14. The fraction of sp³-hybridized carbons (Fsp3) is 0.130. The van der Waals surface area contributed by atoms with E-state index in [4.69, 9.17) is 14.6 Å². The quantitative estimate of drug-likeness (QED) is 0.579. The van der Waals surface area contributed by atoms with Gasteiger partial charge in [-0.25, -0.2) is 18.0 Å². The molecule has 1 aliphatic heterocycles. The second kappa shape index (κ2) is 8.47. The number of hydrogen-bond donors (Lipinski definition) is 1. The fourth-order valence-electron chi connectivity index (χ4n) is 3.27. The van der Waals surface area contributed by atoms with E-state index in [0.717, 1.165) is 0 Å². The van der Waals surface area contributed by atoms with Crippen LogP contribution in [-0.2, 0) is 14.8 Å². The maximum atomic E-state index is 13.3. The van der Waals surface area contributed by atoms with Crippen LogP contribution in [-0.4, -0.2) is 38.7 Å². The van der Waals surface area contributed by atoms with Crippen LogP contribution in [0.1, 0.15) is 6.92 Å². The summed E-state index contributed by atoms with van der Waals surface area (Å²) in [5.41, 5.74) is 0.244. The first-order chi connectivity index (χ1) is 15.7. The SMILES string of the molecule is CC(Oc1ccc2c(c1)N(C)C(=O)N(c1ccc(Oc3ccccc3)cc1)S2(=O)=O)C(=O)O. The molecular weight excluding hydrogens is 448 g/mol. The van der Waals surface area contributed by atoms with Gasteiger partial charge < -0.3 is 14.6 Å². The van der Waals surface area contributed by atoms with Gasteiger partial charge in [0.2, 0.25) is 0 Å². The molecule has 2 amide bonds. The molecule has 10 heteroatoms. The van der Waals surface area contributed by atoms with Crippen LogP contribution in [0.3, 0.4) is 0 Å². The standard InChI is InChI=1S/C23H20N2O7S/c1-15(22(26)27)31-19-12-13-21-20(14-19)24(2)23(28)25(33(21,29)30)16-8-10-18(11-9-16)32-17-6-4-3-5-7-17/h3-15H,1-2H3,(H,26,27). The molecule has 0 fully saturated rings. The Hall–Kier alpha value is -4.05. The molecule has 0 radical (unpaired) electrons. The lowest BCUT2D eigenvalue weighted by Crippen LogP contribution is -2.49. The van der Waals surface area contributed by atoms with Crippen LogP contribution in [0.4, 0.5) is 16.2 Å². The Morgan fingerprint density at radius 3 is 2.18 bits per heavy atom. The predicted molar refractivity (Wildman–Crippen MR) is 121 cm³/mol. The van der Waals surface area contributed by atoms with Crippen molar-refractivity contribution in [2.75, 3.05) is 16.3 Å². The predicted octanol–water partition coefficient (Wildman–Crippen LogP) is 4.10. The van der Waals surface area contributed by atoms with E-state index in [1.54, 1.807) is 24.3 Å². The molecule has 0 saturated heterocycles. The number of ether oxygens (including phenoxy) is 2. The van der Waals surface area contributed by atoms with E-state index in [2.05, 4.69) is 0 Å². The molecule has 0 saturated carbocycles. The van der Waals surface area contributed by atoms with Crippen molar-refractivity contribution in [3.8, 4) is 17.2 Å². The van der Waals surface area contributed by atoms with Crippen LogP contribution in [0.5, 0.6) is 17.2 Å². The molecule has 1 N–H and O–H groups in total. The Balaban J connectivity index is 1.65. The van der Waals surface area contributed by atoms with Crippen molar-refractivity contribution < 1.29 is 32.6 Å². The van der Waals surface area contributed by atoms with Crippen LogP contribution < -0.4 is 18.7 Å². The molecule has 1 aliphatic rings. The molecule has 0 aliphatic carbocycles. The van der Waals surface area contributed by atoms with Gasteiger partial charge in [0, 0.05) is 13.1 Å². The number of carbonyl (C=O) groups excluding carboxylic acids is 1. The zero-order chi connectivity index (χ0) is 23.8. The summed E-state index contributed by atoms with van der Waals surface area (Å²) in [4.78, 5) is 25.1. The zero-order valence-electron chi connectivity index (χ0n) is 17.7. The van der Waals surface area contributed by atoms with Gasteiger partial charge in [0.1, 0.15) is 22.1 Å². The van der Waals surface area contributed by atoms with E-state index in [-0.39, 0.29) is 22.0 Å². The minimum Gasteiger partial charge on any atom is -0.479 e. The van der Waals surface area contributed by atoms with E-state index in [1.807, 2.05) is 18.2 Å². The Kier molecular flexibility index (Phi) is 5.69. The maximum absolute atomic E-state index is 13.3. The van der Waals surface area contributed by atoms with Crippen LogP contribution in [0.25, 0.3) is 0 Å². The summed E-state index contributed by atoms with van der Waals surface area (Å²) in [6, 6.07) is 18.4. The van der Waals surface area contributed by atoms with E-state index in [0.29, 0.717) is 15.8 Å². The monoisotopic (exact) mass is 468 g/mol. The van der Waals surface area contributed by atoms with E-state index in [9.17, 15) is 18.0 Å². The van der Waals surface area contributed by atoms with Gasteiger partial charge in [-0.2, -0.15) is 4.31 Å². The molecule has 0 bridgehead atoms. The average molecular weight is 468 g/mol. The summed E-state index contributed by atoms with van der Waals surface area (Å²) < 4.78 is 38.3. The highest BCUT2D eigenvalue weighted by molar-refractivity contribution is 7.94. The Labute approximate surface area is 190 Å². The number of sulfonamides is 1. The lowest BCUT2D eigenvalue weighted by atomic mass is 10.2. The van der Waals surface area contributed by atoms with Gasteiger partial charge in [-0.1, -0.05) is 18.2 Å². The molecule has 170 valence electrons. The second-order valence-corrected chi connectivity index (χ2v) is 9.00. The number of urea groups is 1. The van der Waals surface area contributed by atoms with E-state index < -0.39 is 28.1 Å². The number of amides is 2. The molecular formula is C23H20N2O7S. The number of aliphatic carboxylic acids is 1. The smallest absolute Gasteiger partial charge is 0.344 e. The Morgan fingerprint density at radius 2 is 1.55 bits per heavy atom. The van der Waals surface area contributed by atoms with Gasteiger partial charge in [0.15, 0.2) is 6.10 Å². The molecule has 9 nitrogen and oxygen atoms in total. The summed E-state index contributed by atoms with van der Waals surface area (Å²) in [6.45, 7) is 1.35. The fourth-order valence-corrected chi connectivity index (χ4v) is 4.89. The van der Waals surface area contributed by atoms with Crippen LogP contribution in [0.2, 0.25) is 0 Å². The van der Waals surface area contributed by atoms with Crippen molar-refractivity contribution in [3.63, 3.8) is 0 Å². The Bertz CT molecular complexity index is 1310. The molecule has 3 aromatic carbocycles. The first-order valence-corrected chi connectivity index (χ1v) is 11.3. The first kappa shape index (κ1) is 22.2. The van der Waals surface area contributed by atoms with Crippen LogP contribution in [0, 0.1) is 0 Å². The van der Waals surface area contributed by atoms with Crippen molar-refractivity contribution in [1.29, 1.82) is 0 Å². The maximum Gasteiger partial charge on any atom is 0.344 e. The number of anilines is 2. The minimum atomic E-state index is -4.22. The van der Waals surface area contributed by atoms with E-state index >= 15 is 0 Å². The summed E-state index contributed by atoms with van der Waals surface area (Å²) in [5, 5.41) is 9.02. The third-order valence-corrected chi connectivity index (χ3v) is 6.73. The largest absolute Gasteiger partial charge is 0.479 e. The van der Waals surface area contributed by atoms with Crippen molar-refractivity contribution in [3.05, 3.63) is 72.8 Å². The minimum absolute atomic E-state index is 0.0929. The number of benzene rings is 3. The number of para-hydroxylation sites is 1. The molecule has 3 aromatic rings. The number of carboxylic acids is 1. The molecule has 1 atom stereocenters. The number of hydrogen-bond acceptors (Lipinski definition) is 6. The van der Waals surface area contributed by atoms with Gasteiger partial charge in [-0.05, 0) is 55.5 Å².